The lowest BCUT2D eigenvalue weighted by Crippen LogP contribution is -2.19. The number of nitrogens with one attached hydrogen (secondary N) is 1. The molecule has 0 aliphatic heterocycles. The molecule has 0 unspecified atom stereocenters. The van der Waals surface area contributed by atoms with Crippen LogP contribution in [-0.4, -0.2) is 33.0 Å². The summed E-state index contributed by atoms with van der Waals surface area (Å²) in [6.07, 6.45) is 1.31. The minimum atomic E-state index is -0.584. The monoisotopic (exact) mass is 513 g/mol. The number of benzene rings is 2. The van der Waals surface area contributed by atoms with Crippen LogP contribution in [0.25, 0.3) is 0 Å². The third-order valence-electron chi connectivity index (χ3n) is 3.56. The zero-order valence-electron chi connectivity index (χ0n) is 15.5. The largest absolute Gasteiger partial charge is 0.288 e. The maximum atomic E-state index is 11.9. The third kappa shape index (κ3) is 7.47. The molecule has 1 aromatic heterocycles. The van der Waals surface area contributed by atoms with Crippen molar-refractivity contribution >= 4 is 75.9 Å². The molecular formula is C18H13Cl2N5O3S3. The molecule has 0 saturated heterocycles. The number of halogens is 2. The molecule has 1 amide bonds. The van der Waals surface area contributed by atoms with Crippen LogP contribution in [0.1, 0.15) is 11.1 Å². The highest BCUT2D eigenvalue weighted by Gasteiger charge is 2.12. The van der Waals surface area contributed by atoms with Gasteiger partial charge in [-0.2, -0.15) is 5.10 Å². The van der Waals surface area contributed by atoms with Crippen molar-refractivity contribution in [2.24, 2.45) is 5.10 Å². The van der Waals surface area contributed by atoms with E-state index < -0.39 is 4.92 Å². The number of nitro groups is 1. The summed E-state index contributed by atoms with van der Waals surface area (Å²) >= 11 is 15.8. The first-order chi connectivity index (χ1) is 14.9. The Morgan fingerprint density at radius 1 is 1.16 bits per heavy atom. The summed E-state index contributed by atoms with van der Waals surface area (Å²) in [7, 11) is 0. The summed E-state index contributed by atoms with van der Waals surface area (Å²) in [4.78, 5) is 22.3. The van der Waals surface area contributed by atoms with E-state index >= 15 is 0 Å². The van der Waals surface area contributed by atoms with Gasteiger partial charge in [0.1, 0.15) is 5.02 Å². The second-order valence-corrected chi connectivity index (χ2v) is 10.1. The Bertz CT molecular complexity index is 1110. The Hall–Kier alpha value is -2.18. The van der Waals surface area contributed by atoms with Gasteiger partial charge in [0, 0.05) is 22.4 Å². The highest BCUT2D eigenvalue weighted by Crippen LogP contribution is 2.31. The van der Waals surface area contributed by atoms with Crippen LogP contribution >= 0.6 is 58.1 Å². The van der Waals surface area contributed by atoms with Crippen molar-refractivity contribution in [1.82, 2.24) is 15.6 Å². The minimum absolute atomic E-state index is 0.0327. The van der Waals surface area contributed by atoms with E-state index in [1.54, 1.807) is 17.8 Å². The van der Waals surface area contributed by atoms with Gasteiger partial charge in [-0.05, 0) is 23.8 Å². The zero-order chi connectivity index (χ0) is 22.2. The quantitative estimate of drug-likeness (QED) is 0.179. The van der Waals surface area contributed by atoms with Crippen LogP contribution in [0.5, 0.6) is 0 Å². The normalized spacial score (nSPS) is 11.0. The van der Waals surface area contributed by atoms with E-state index in [-0.39, 0.29) is 22.4 Å². The van der Waals surface area contributed by atoms with Gasteiger partial charge in [0.2, 0.25) is 0 Å². The van der Waals surface area contributed by atoms with Gasteiger partial charge >= 0.3 is 0 Å². The molecule has 13 heteroatoms. The van der Waals surface area contributed by atoms with E-state index in [9.17, 15) is 14.9 Å². The van der Waals surface area contributed by atoms with Crippen LogP contribution in [0.2, 0.25) is 10.0 Å². The molecule has 0 aliphatic rings. The molecule has 8 nitrogen and oxygen atoms in total. The molecule has 0 saturated carbocycles. The number of thioether (sulfide) groups is 2. The van der Waals surface area contributed by atoms with E-state index in [1.807, 2.05) is 24.3 Å². The number of nitrogens with zero attached hydrogens (tertiary/aromatic N) is 4. The summed E-state index contributed by atoms with van der Waals surface area (Å²) in [6, 6.07) is 11.8. The third-order valence-corrected chi connectivity index (χ3v) is 7.39. The molecule has 3 rings (SSSR count). The fraction of sp³-hybridized carbons (Fsp3) is 0.111. The predicted molar refractivity (Wildman–Crippen MR) is 125 cm³/mol. The number of carbonyl (C=O) groups excluding carboxylic acids is 1. The minimum Gasteiger partial charge on any atom is -0.272 e. The Kier molecular flexibility index (Phi) is 8.67. The summed E-state index contributed by atoms with van der Waals surface area (Å²) in [6.45, 7) is 0. The molecule has 0 spiro atoms. The Morgan fingerprint density at radius 2 is 1.87 bits per heavy atom. The van der Waals surface area contributed by atoms with Gasteiger partial charge in [-0.25, -0.2) is 5.43 Å². The molecule has 0 aliphatic carbocycles. The van der Waals surface area contributed by atoms with Gasteiger partial charge in [-0.1, -0.05) is 76.3 Å². The van der Waals surface area contributed by atoms with Gasteiger partial charge in [0.25, 0.3) is 11.6 Å². The topological polar surface area (TPSA) is 110 Å². The number of carbonyl (C=O) groups is 1. The second kappa shape index (κ2) is 11.4. The number of hydrogen-bond donors (Lipinski definition) is 1. The lowest BCUT2D eigenvalue weighted by Gasteiger charge is -1.99. The summed E-state index contributed by atoms with van der Waals surface area (Å²) < 4.78 is 1.48. The first-order valence-electron chi connectivity index (χ1n) is 8.50. The number of rotatable bonds is 9. The molecule has 0 radical (unpaired) electrons. The highest BCUT2D eigenvalue weighted by molar-refractivity contribution is 8.03. The molecule has 0 fully saturated rings. The van der Waals surface area contributed by atoms with E-state index in [1.165, 1.54) is 41.4 Å². The number of hydrazone groups is 1. The molecule has 31 heavy (non-hydrogen) atoms. The fourth-order valence-corrected chi connectivity index (χ4v) is 5.21. The van der Waals surface area contributed by atoms with Crippen LogP contribution in [-0.2, 0) is 10.5 Å². The number of aromatic nitrogens is 2. The molecule has 1 heterocycles. The summed E-state index contributed by atoms with van der Waals surface area (Å²) in [5, 5.41) is 23.6. The SMILES string of the molecule is O=C(CSc1nnc(SCc2ccc(Cl)cc2)s1)N/N=C/c1ccc(Cl)c([N+](=O)[O-])c1. The predicted octanol–water partition coefficient (Wildman–Crippen LogP) is 5.29. The Labute approximate surface area is 199 Å². The van der Waals surface area contributed by atoms with Gasteiger partial charge in [0.05, 0.1) is 16.9 Å². The average Bonchev–Trinajstić information content (AvgIpc) is 3.21. The molecular weight excluding hydrogens is 501 g/mol. The number of hydrogen-bond acceptors (Lipinski definition) is 9. The second-order valence-electron chi connectivity index (χ2n) is 5.80. The van der Waals surface area contributed by atoms with E-state index in [0.717, 1.165) is 15.7 Å². The van der Waals surface area contributed by atoms with Crippen LogP contribution < -0.4 is 5.43 Å². The number of nitro benzene ring substituents is 1. The zero-order valence-corrected chi connectivity index (χ0v) is 19.5. The fourth-order valence-electron chi connectivity index (χ4n) is 2.13. The summed E-state index contributed by atoms with van der Waals surface area (Å²) in [5.41, 5.74) is 3.71. The molecule has 0 atom stereocenters. The molecule has 160 valence electrons. The van der Waals surface area contributed by atoms with Crippen molar-refractivity contribution in [1.29, 1.82) is 0 Å². The lowest BCUT2D eigenvalue weighted by molar-refractivity contribution is -0.384. The molecule has 2 aromatic carbocycles. The maximum absolute atomic E-state index is 11.9. The Balaban J connectivity index is 1.43. The van der Waals surface area contributed by atoms with Gasteiger partial charge < -0.3 is 0 Å². The van der Waals surface area contributed by atoms with Crippen molar-refractivity contribution < 1.29 is 9.72 Å². The van der Waals surface area contributed by atoms with Crippen LogP contribution in [0.4, 0.5) is 5.69 Å². The van der Waals surface area contributed by atoms with Crippen LogP contribution in [0.15, 0.2) is 56.2 Å². The molecule has 3 aromatic rings. The van der Waals surface area contributed by atoms with Gasteiger partial charge in [0.15, 0.2) is 8.68 Å². The van der Waals surface area contributed by atoms with Gasteiger partial charge in [-0.3, -0.25) is 14.9 Å². The first kappa shape index (κ1) is 23.5. The molecule has 0 bridgehead atoms. The van der Waals surface area contributed by atoms with Crippen molar-refractivity contribution in [3.63, 3.8) is 0 Å². The highest BCUT2D eigenvalue weighted by atomic mass is 35.5. The summed E-state index contributed by atoms with van der Waals surface area (Å²) in [5.74, 6) is 0.513. The standard InChI is InChI=1S/C18H13Cl2N5O3S3/c19-13-4-1-11(2-5-13)9-29-17-23-24-18(31-17)30-10-16(26)22-21-8-12-3-6-14(20)15(7-12)25(27)28/h1-8H,9-10H2,(H,22,26)/b21-8+. The van der Waals surface area contributed by atoms with E-state index in [0.29, 0.717) is 14.9 Å². The van der Waals surface area contributed by atoms with Crippen molar-refractivity contribution in [2.75, 3.05) is 5.75 Å². The van der Waals surface area contributed by atoms with Crippen LogP contribution in [0, 0.1) is 10.1 Å². The smallest absolute Gasteiger partial charge is 0.272 e. The lowest BCUT2D eigenvalue weighted by atomic mass is 10.2. The van der Waals surface area contributed by atoms with Crippen molar-refractivity contribution in [3.8, 4) is 0 Å². The number of amides is 1. The van der Waals surface area contributed by atoms with E-state index in [2.05, 4.69) is 20.7 Å². The Morgan fingerprint density at radius 3 is 2.58 bits per heavy atom. The van der Waals surface area contributed by atoms with E-state index in [4.69, 9.17) is 23.2 Å². The van der Waals surface area contributed by atoms with Crippen molar-refractivity contribution in [2.45, 2.75) is 14.4 Å². The first-order valence-corrected chi connectivity index (χ1v) is 12.0. The van der Waals surface area contributed by atoms with Crippen LogP contribution in [0.3, 0.4) is 0 Å². The van der Waals surface area contributed by atoms with Gasteiger partial charge in [-0.15, -0.1) is 10.2 Å². The average molecular weight is 514 g/mol. The van der Waals surface area contributed by atoms with Crippen molar-refractivity contribution in [3.05, 3.63) is 73.8 Å². The molecule has 1 N–H and O–H groups in total. The maximum Gasteiger partial charge on any atom is 0.288 e.